The van der Waals surface area contributed by atoms with E-state index in [1.54, 1.807) is 0 Å². The quantitative estimate of drug-likeness (QED) is 0.331. The lowest BCUT2D eigenvalue weighted by Gasteiger charge is -2.06. The molecule has 0 aromatic carbocycles. The van der Waals surface area contributed by atoms with Crippen LogP contribution in [-0.4, -0.2) is 75.9 Å². The molecule has 0 aliphatic carbocycles. The van der Waals surface area contributed by atoms with E-state index in [4.69, 9.17) is 18.9 Å². The van der Waals surface area contributed by atoms with Crippen molar-refractivity contribution in [1.29, 1.82) is 0 Å². The first-order valence-corrected chi connectivity index (χ1v) is 10.7. The first-order valence-electron chi connectivity index (χ1n) is 8.38. The van der Waals surface area contributed by atoms with E-state index >= 15 is 0 Å². The summed E-state index contributed by atoms with van der Waals surface area (Å²) in [6.07, 6.45) is 2.26. The summed E-state index contributed by atoms with van der Waals surface area (Å²) >= 11 is 3.85. The van der Waals surface area contributed by atoms with Crippen LogP contribution < -0.4 is 0 Å². The van der Waals surface area contributed by atoms with E-state index in [1.807, 2.05) is 37.4 Å². The lowest BCUT2D eigenvalue weighted by molar-refractivity contribution is 0.0605. The van der Waals surface area contributed by atoms with Gasteiger partial charge in [-0.2, -0.15) is 23.5 Å². The maximum Gasteiger partial charge on any atom is 0.0700 e. The van der Waals surface area contributed by atoms with E-state index in [9.17, 15) is 0 Å². The number of hydrogen-bond donors (Lipinski definition) is 0. The maximum absolute atomic E-state index is 5.53. The number of thioether (sulfide) groups is 2. The third-order valence-corrected chi connectivity index (χ3v) is 4.74. The molecular weight excluding hydrogens is 320 g/mol. The Labute approximate surface area is 145 Å². The molecule has 0 saturated heterocycles. The molecule has 0 heterocycles. The third-order valence-electron chi connectivity index (χ3n) is 2.68. The minimum atomic E-state index is 0.703. The summed E-state index contributed by atoms with van der Waals surface area (Å²) in [5.41, 5.74) is 0. The zero-order chi connectivity index (χ0) is 16.1. The third kappa shape index (κ3) is 20.5. The SMILES string of the molecule is CCOCCCSCCOCCOCCSCCCOCC. The van der Waals surface area contributed by atoms with Crippen molar-refractivity contribution in [3.63, 3.8) is 0 Å². The van der Waals surface area contributed by atoms with Crippen LogP contribution in [0.5, 0.6) is 0 Å². The molecule has 0 fully saturated rings. The normalized spacial score (nSPS) is 11.2. The molecule has 0 saturated carbocycles. The first kappa shape index (κ1) is 22.5. The van der Waals surface area contributed by atoms with Crippen LogP contribution in [0, 0.1) is 0 Å². The molecule has 0 radical (unpaired) electrons. The lowest BCUT2D eigenvalue weighted by atomic mass is 10.5. The average molecular weight is 355 g/mol. The molecule has 0 spiro atoms. The molecule has 0 aliphatic rings. The van der Waals surface area contributed by atoms with Gasteiger partial charge in [-0.05, 0) is 38.2 Å². The van der Waals surface area contributed by atoms with E-state index in [0.29, 0.717) is 13.2 Å². The van der Waals surface area contributed by atoms with Crippen molar-refractivity contribution in [2.75, 3.05) is 75.9 Å². The standard InChI is InChI=1S/C16H34O4S2/c1-3-17-7-5-13-21-15-11-19-9-10-20-12-16-22-14-6-8-18-4-2/h3-16H2,1-2H3. The van der Waals surface area contributed by atoms with E-state index in [-0.39, 0.29) is 0 Å². The highest BCUT2D eigenvalue weighted by molar-refractivity contribution is 7.99. The van der Waals surface area contributed by atoms with Crippen LogP contribution in [0.3, 0.4) is 0 Å². The summed E-state index contributed by atoms with van der Waals surface area (Å²) in [5, 5.41) is 0. The molecule has 22 heavy (non-hydrogen) atoms. The van der Waals surface area contributed by atoms with Gasteiger partial charge in [-0.1, -0.05) is 0 Å². The topological polar surface area (TPSA) is 36.9 Å². The van der Waals surface area contributed by atoms with Crippen molar-refractivity contribution in [1.82, 2.24) is 0 Å². The molecule has 0 aromatic rings. The lowest BCUT2D eigenvalue weighted by Crippen LogP contribution is -2.08. The van der Waals surface area contributed by atoms with Gasteiger partial charge in [0.15, 0.2) is 0 Å². The predicted molar refractivity (Wildman–Crippen MR) is 98.5 cm³/mol. The van der Waals surface area contributed by atoms with Crippen LogP contribution in [0.15, 0.2) is 0 Å². The minimum absolute atomic E-state index is 0.703. The Morgan fingerprint density at radius 2 is 0.955 bits per heavy atom. The number of hydrogen-bond acceptors (Lipinski definition) is 6. The summed E-state index contributed by atoms with van der Waals surface area (Å²) in [7, 11) is 0. The van der Waals surface area contributed by atoms with Gasteiger partial charge in [-0.3, -0.25) is 0 Å². The molecule has 0 unspecified atom stereocenters. The molecule has 4 nitrogen and oxygen atoms in total. The Balaban J connectivity index is 2.91. The second kappa shape index (κ2) is 21.5. The maximum atomic E-state index is 5.53. The van der Waals surface area contributed by atoms with Crippen molar-refractivity contribution in [2.45, 2.75) is 26.7 Å². The Morgan fingerprint density at radius 3 is 1.36 bits per heavy atom. The van der Waals surface area contributed by atoms with Crippen molar-refractivity contribution in [2.24, 2.45) is 0 Å². The second-order valence-electron chi connectivity index (χ2n) is 4.55. The van der Waals surface area contributed by atoms with Crippen molar-refractivity contribution < 1.29 is 18.9 Å². The highest BCUT2D eigenvalue weighted by atomic mass is 32.2. The largest absolute Gasteiger partial charge is 0.382 e. The molecule has 6 heteroatoms. The van der Waals surface area contributed by atoms with Gasteiger partial charge in [-0.25, -0.2) is 0 Å². The summed E-state index contributed by atoms with van der Waals surface area (Å²) in [6, 6.07) is 0. The fourth-order valence-electron chi connectivity index (χ4n) is 1.58. The van der Waals surface area contributed by atoms with Crippen LogP contribution in [0.2, 0.25) is 0 Å². The van der Waals surface area contributed by atoms with Gasteiger partial charge in [0.25, 0.3) is 0 Å². The zero-order valence-corrected chi connectivity index (χ0v) is 16.0. The van der Waals surface area contributed by atoms with Gasteiger partial charge in [0.05, 0.1) is 26.4 Å². The molecule has 0 amide bonds. The molecule has 0 N–H and O–H groups in total. The van der Waals surface area contributed by atoms with Gasteiger partial charge < -0.3 is 18.9 Å². The van der Waals surface area contributed by atoms with Crippen LogP contribution >= 0.6 is 23.5 Å². The summed E-state index contributed by atoms with van der Waals surface area (Å²) < 4.78 is 21.6. The Bertz CT molecular complexity index is 177. The smallest absolute Gasteiger partial charge is 0.0700 e. The molecular formula is C16H34O4S2. The summed E-state index contributed by atoms with van der Waals surface area (Å²) in [5.74, 6) is 4.42. The van der Waals surface area contributed by atoms with Crippen LogP contribution in [0.4, 0.5) is 0 Å². The Morgan fingerprint density at radius 1 is 0.500 bits per heavy atom. The van der Waals surface area contributed by atoms with Crippen LogP contribution in [-0.2, 0) is 18.9 Å². The van der Waals surface area contributed by atoms with Gasteiger partial charge in [0, 0.05) is 37.9 Å². The van der Waals surface area contributed by atoms with Gasteiger partial charge in [-0.15, -0.1) is 0 Å². The van der Waals surface area contributed by atoms with Crippen molar-refractivity contribution in [3.8, 4) is 0 Å². The molecule has 134 valence electrons. The first-order chi connectivity index (χ1) is 10.9. The van der Waals surface area contributed by atoms with Gasteiger partial charge in [0.1, 0.15) is 0 Å². The van der Waals surface area contributed by atoms with E-state index in [0.717, 1.165) is 75.5 Å². The predicted octanol–water partition coefficient (Wildman–Crippen LogP) is 3.34. The Kier molecular flexibility index (Phi) is 22.1. The van der Waals surface area contributed by atoms with E-state index < -0.39 is 0 Å². The molecule has 0 rings (SSSR count). The molecule has 0 atom stereocenters. The number of ether oxygens (including phenoxy) is 4. The molecule has 0 aliphatic heterocycles. The highest BCUT2D eigenvalue weighted by Gasteiger charge is 1.94. The van der Waals surface area contributed by atoms with Gasteiger partial charge >= 0.3 is 0 Å². The number of rotatable bonds is 19. The zero-order valence-electron chi connectivity index (χ0n) is 14.3. The molecule has 0 bridgehead atoms. The summed E-state index contributed by atoms with van der Waals surface area (Å²) in [6.45, 7) is 10.5. The fourth-order valence-corrected chi connectivity index (χ4v) is 3.10. The van der Waals surface area contributed by atoms with Crippen molar-refractivity contribution in [3.05, 3.63) is 0 Å². The van der Waals surface area contributed by atoms with E-state index in [1.165, 1.54) is 0 Å². The highest BCUT2D eigenvalue weighted by Crippen LogP contribution is 2.03. The van der Waals surface area contributed by atoms with Gasteiger partial charge in [0.2, 0.25) is 0 Å². The average Bonchev–Trinajstić information content (AvgIpc) is 2.54. The van der Waals surface area contributed by atoms with Crippen LogP contribution in [0.25, 0.3) is 0 Å². The summed E-state index contributed by atoms with van der Waals surface area (Å²) in [4.78, 5) is 0. The van der Waals surface area contributed by atoms with Crippen molar-refractivity contribution >= 4 is 23.5 Å². The minimum Gasteiger partial charge on any atom is -0.382 e. The monoisotopic (exact) mass is 354 g/mol. The van der Waals surface area contributed by atoms with Crippen LogP contribution in [0.1, 0.15) is 26.7 Å². The fraction of sp³-hybridized carbons (Fsp3) is 1.00. The second-order valence-corrected chi connectivity index (χ2v) is 7.00. The van der Waals surface area contributed by atoms with E-state index in [2.05, 4.69) is 0 Å². The Hall–Kier alpha value is 0.540. The molecule has 0 aromatic heterocycles.